The average Bonchev–Trinajstić information content (AvgIpc) is 2.34. The lowest BCUT2D eigenvalue weighted by atomic mass is 9.67. The van der Waals surface area contributed by atoms with Crippen molar-refractivity contribution in [3.63, 3.8) is 0 Å². The van der Waals surface area contributed by atoms with Gasteiger partial charge in [0.05, 0.1) is 13.2 Å². The Morgan fingerprint density at radius 2 is 1.74 bits per heavy atom. The molecule has 0 aliphatic carbocycles. The Balaban J connectivity index is 2.21. The molecule has 4 nitrogen and oxygen atoms in total. The zero-order valence-corrected chi connectivity index (χ0v) is 13.2. The van der Waals surface area contributed by atoms with E-state index in [9.17, 15) is 4.79 Å². The maximum Gasteiger partial charge on any atom is 0.317 e. The van der Waals surface area contributed by atoms with Gasteiger partial charge in [-0.15, -0.1) is 0 Å². The number of hydrogen-bond donors (Lipinski definition) is 1. The highest BCUT2D eigenvalue weighted by molar-refractivity contribution is 5.74. The Hall–Kier alpha value is -0.770. The molecular formula is C15H30N2O2. The molecule has 0 spiro atoms. The van der Waals surface area contributed by atoms with Crippen molar-refractivity contribution in [2.24, 2.45) is 10.8 Å². The van der Waals surface area contributed by atoms with Crippen LogP contribution < -0.4 is 5.32 Å². The Labute approximate surface area is 117 Å². The third kappa shape index (κ3) is 5.01. The zero-order valence-electron chi connectivity index (χ0n) is 13.2. The molecule has 0 saturated carbocycles. The number of rotatable bonds is 4. The van der Waals surface area contributed by atoms with E-state index in [0.29, 0.717) is 31.7 Å². The predicted molar refractivity (Wildman–Crippen MR) is 78.3 cm³/mol. The standard InChI is InChI=1S/C15H30N2O2/c1-14(2,3)15(4,5)7-6-8-16-13(18)17-9-11-19-12-10-17/h6-12H2,1-5H3,(H,16,18). The van der Waals surface area contributed by atoms with Crippen LogP contribution in [-0.2, 0) is 4.74 Å². The highest BCUT2D eigenvalue weighted by Gasteiger charge is 2.31. The summed E-state index contributed by atoms with van der Waals surface area (Å²) < 4.78 is 5.24. The Morgan fingerprint density at radius 1 is 1.16 bits per heavy atom. The smallest absolute Gasteiger partial charge is 0.317 e. The fourth-order valence-electron chi connectivity index (χ4n) is 1.98. The summed E-state index contributed by atoms with van der Waals surface area (Å²) in [6.45, 7) is 14.9. The second kappa shape index (κ2) is 6.60. The number of morpholine rings is 1. The van der Waals surface area contributed by atoms with Gasteiger partial charge < -0.3 is 15.0 Å². The molecule has 112 valence electrons. The zero-order chi connectivity index (χ0) is 14.5. The summed E-state index contributed by atoms with van der Waals surface area (Å²) in [5, 5.41) is 3.01. The molecule has 0 aromatic heterocycles. The van der Waals surface area contributed by atoms with Crippen LogP contribution in [0.2, 0.25) is 0 Å². The molecule has 0 aromatic carbocycles. The molecule has 1 saturated heterocycles. The van der Waals surface area contributed by atoms with Crippen LogP contribution in [-0.4, -0.2) is 43.8 Å². The number of hydrogen-bond acceptors (Lipinski definition) is 2. The summed E-state index contributed by atoms with van der Waals surface area (Å²) >= 11 is 0. The lowest BCUT2D eigenvalue weighted by Crippen LogP contribution is -2.46. The van der Waals surface area contributed by atoms with Gasteiger partial charge in [0.25, 0.3) is 0 Å². The Morgan fingerprint density at radius 3 is 2.26 bits per heavy atom. The van der Waals surface area contributed by atoms with E-state index in [-0.39, 0.29) is 11.4 Å². The van der Waals surface area contributed by atoms with E-state index < -0.39 is 0 Å². The summed E-state index contributed by atoms with van der Waals surface area (Å²) in [5.74, 6) is 0. The third-order valence-corrected chi connectivity index (χ3v) is 4.58. The summed E-state index contributed by atoms with van der Waals surface area (Å²) in [6, 6.07) is 0.0527. The third-order valence-electron chi connectivity index (χ3n) is 4.58. The van der Waals surface area contributed by atoms with E-state index in [0.717, 1.165) is 19.4 Å². The number of nitrogens with one attached hydrogen (secondary N) is 1. The molecule has 19 heavy (non-hydrogen) atoms. The first-order chi connectivity index (χ1) is 8.74. The first-order valence-corrected chi connectivity index (χ1v) is 7.34. The maximum atomic E-state index is 11.9. The van der Waals surface area contributed by atoms with Crippen LogP contribution in [0.25, 0.3) is 0 Å². The van der Waals surface area contributed by atoms with E-state index in [1.807, 2.05) is 4.90 Å². The van der Waals surface area contributed by atoms with Crippen LogP contribution in [0.1, 0.15) is 47.5 Å². The van der Waals surface area contributed by atoms with Crippen LogP contribution in [0, 0.1) is 10.8 Å². The SMILES string of the molecule is CC(C)(C)C(C)(C)CCCNC(=O)N1CCOCC1. The second-order valence-electron chi connectivity index (χ2n) is 7.07. The number of carbonyl (C=O) groups excluding carboxylic acids is 1. The summed E-state index contributed by atoms with van der Waals surface area (Å²) in [6.07, 6.45) is 2.15. The van der Waals surface area contributed by atoms with Crippen LogP contribution in [0.4, 0.5) is 4.79 Å². The van der Waals surface area contributed by atoms with Crippen molar-refractivity contribution in [1.29, 1.82) is 0 Å². The van der Waals surface area contributed by atoms with Gasteiger partial charge in [0.1, 0.15) is 0 Å². The van der Waals surface area contributed by atoms with Gasteiger partial charge in [-0.1, -0.05) is 34.6 Å². The van der Waals surface area contributed by atoms with E-state index in [4.69, 9.17) is 4.74 Å². The minimum atomic E-state index is 0.0527. The molecule has 0 unspecified atom stereocenters. The Kier molecular flexibility index (Phi) is 5.65. The van der Waals surface area contributed by atoms with Crippen LogP contribution in [0.3, 0.4) is 0 Å². The highest BCUT2D eigenvalue weighted by atomic mass is 16.5. The molecular weight excluding hydrogens is 240 g/mol. The molecule has 1 aliphatic rings. The predicted octanol–water partition coefficient (Wildman–Crippen LogP) is 2.88. The van der Waals surface area contributed by atoms with Crippen LogP contribution in [0.5, 0.6) is 0 Å². The number of urea groups is 1. The van der Waals surface area contributed by atoms with Gasteiger partial charge in [0.2, 0.25) is 0 Å². The molecule has 1 rings (SSSR count). The van der Waals surface area contributed by atoms with Crippen molar-refractivity contribution in [3.05, 3.63) is 0 Å². The lowest BCUT2D eigenvalue weighted by molar-refractivity contribution is 0.0530. The first kappa shape index (κ1) is 16.3. The van der Waals surface area contributed by atoms with Crippen molar-refractivity contribution >= 4 is 6.03 Å². The van der Waals surface area contributed by atoms with Gasteiger partial charge >= 0.3 is 6.03 Å². The average molecular weight is 270 g/mol. The number of ether oxygens (including phenoxy) is 1. The van der Waals surface area contributed by atoms with Gasteiger partial charge in [-0.3, -0.25) is 0 Å². The summed E-state index contributed by atoms with van der Waals surface area (Å²) in [7, 11) is 0. The minimum absolute atomic E-state index is 0.0527. The monoisotopic (exact) mass is 270 g/mol. The number of carbonyl (C=O) groups is 1. The van der Waals surface area contributed by atoms with Crippen molar-refractivity contribution in [3.8, 4) is 0 Å². The summed E-state index contributed by atoms with van der Waals surface area (Å²) in [5.41, 5.74) is 0.581. The highest BCUT2D eigenvalue weighted by Crippen LogP contribution is 2.41. The van der Waals surface area contributed by atoms with Gasteiger partial charge in [0.15, 0.2) is 0 Å². The molecule has 0 bridgehead atoms. The molecule has 1 N–H and O–H groups in total. The van der Waals surface area contributed by atoms with Crippen LogP contribution >= 0.6 is 0 Å². The van der Waals surface area contributed by atoms with Gasteiger partial charge in [-0.25, -0.2) is 4.79 Å². The topological polar surface area (TPSA) is 41.6 Å². The quantitative estimate of drug-likeness (QED) is 0.798. The van der Waals surface area contributed by atoms with E-state index >= 15 is 0 Å². The second-order valence-corrected chi connectivity index (χ2v) is 7.07. The normalized spacial score (nSPS) is 17.4. The largest absolute Gasteiger partial charge is 0.378 e. The van der Waals surface area contributed by atoms with Crippen molar-refractivity contribution in [1.82, 2.24) is 10.2 Å². The van der Waals surface area contributed by atoms with Gasteiger partial charge in [-0.2, -0.15) is 0 Å². The molecule has 2 amide bonds. The number of amides is 2. The van der Waals surface area contributed by atoms with Crippen molar-refractivity contribution in [2.45, 2.75) is 47.5 Å². The molecule has 1 heterocycles. The van der Waals surface area contributed by atoms with E-state index in [2.05, 4.69) is 39.9 Å². The van der Waals surface area contributed by atoms with Crippen LogP contribution in [0.15, 0.2) is 0 Å². The van der Waals surface area contributed by atoms with E-state index in [1.165, 1.54) is 0 Å². The van der Waals surface area contributed by atoms with E-state index in [1.54, 1.807) is 0 Å². The fraction of sp³-hybridized carbons (Fsp3) is 0.933. The molecule has 1 aliphatic heterocycles. The fourth-order valence-corrected chi connectivity index (χ4v) is 1.98. The maximum absolute atomic E-state index is 11.9. The molecule has 0 radical (unpaired) electrons. The minimum Gasteiger partial charge on any atom is -0.378 e. The first-order valence-electron chi connectivity index (χ1n) is 7.34. The van der Waals surface area contributed by atoms with Gasteiger partial charge in [0, 0.05) is 19.6 Å². The van der Waals surface area contributed by atoms with Crippen molar-refractivity contribution < 1.29 is 9.53 Å². The molecule has 0 atom stereocenters. The summed E-state index contributed by atoms with van der Waals surface area (Å²) in [4.78, 5) is 13.7. The van der Waals surface area contributed by atoms with Gasteiger partial charge in [-0.05, 0) is 23.7 Å². The Bertz CT molecular complexity index is 289. The number of nitrogens with zero attached hydrogens (tertiary/aromatic N) is 1. The lowest BCUT2D eigenvalue weighted by Gasteiger charge is -2.39. The molecule has 1 fully saturated rings. The molecule has 4 heteroatoms. The molecule has 0 aromatic rings. The van der Waals surface area contributed by atoms with Crippen molar-refractivity contribution in [2.75, 3.05) is 32.8 Å².